The Morgan fingerprint density at radius 1 is 1.11 bits per heavy atom. The SMILES string of the molecule is CCCCCCC(=O)N/N=C(\CC)c1ccccc1. The molecule has 1 N–H and O–H groups in total. The summed E-state index contributed by atoms with van der Waals surface area (Å²) in [5.41, 5.74) is 4.64. The molecule has 0 fully saturated rings. The highest BCUT2D eigenvalue weighted by atomic mass is 16.2. The van der Waals surface area contributed by atoms with Crippen LogP contribution < -0.4 is 5.43 Å². The first-order chi connectivity index (χ1) is 9.27. The van der Waals surface area contributed by atoms with Gasteiger partial charge in [-0.15, -0.1) is 0 Å². The van der Waals surface area contributed by atoms with Crippen molar-refractivity contribution >= 4 is 11.6 Å². The predicted molar refractivity (Wildman–Crippen MR) is 80.2 cm³/mol. The number of nitrogens with zero attached hydrogens (tertiary/aromatic N) is 1. The zero-order valence-corrected chi connectivity index (χ0v) is 12.0. The lowest BCUT2D eigenvalue weighted by molar-refractivity contribution is -0.121. The third-order valence-electron chi connectivity index (χ3n) is 3.01. The van der Waals surface area contributed by atoms with Crippen LogP contribution in [0.15, 0.2) is 35.4 Å². The fraction of sp³-hybridized carbons (Fsp3) is 0.500. The fourth-order valence-electron chi connectivity index (χ4n) is 1.88. The minimum absolute atomic E-state index is 0.0120. The Balaban J connectivity index is 2.43. The van der Waals surface area contributed by atoms with E-state index in [0.717, 1.165) is 30.5 Å². The highest BCUT2D eigenvalue weighted by molar-refractivity contribution is 6.00. The summed E-state index contributed by atoms with van der Waals surface area (Å²) in [7, 11) is 0. The second-order valence-electron chi connectivity index (χ2n) is 4.62. The predicted octanol–water partition coefficient (Wildman–Crippen LogP) is 3.89. The molecule has 0 aliphatic heterocycles. The Hall–Kier alpha value is -1.64. The van der Waals surface area contributed by atoms with E-state index in [9.17, 15) is 4.79 Å². The van der Waals surface area contributed by atoms with Crippen LogP contribution in [0, 0.1) is 0 Å². The van der Waals surface area contributed by atoms with Crippen LogP contribution in [-0.2, 0) is 4.79 Å². The van der Waals surface area contributed by atoms with Gasteiger partial charge in [-0.05, 0) is 18.4 Å². The highest BCUT2D eigenvalue weighted by Crippen LogP contribution is 2.04. The van der Waals surface area contributed by atoms with Crippen molar-refractivity contribution in [1.82, 2.24) is 5.43 Å². The average molecular weight is 260 g/mol. The van der Waals surface area contributed by atoms with E-state index < -0.39 is 0 Å². The number of benzene rings is 1. The van der Waals surface area contributed by atoms with Crippen LogP contribution >= 0.6 is 0 Å². The molecule has 0 aliphatic rings. The number of amides is 1. The summed E-state index contributed by atoms with van der Waals surface area (Å²) >= 11 is 0. The van der Waals surface area contributed by atoms with Crippen molar-refractivity contribution in [2.75, 3.05) is 0 Å². The van der Waals surface area contributed by atoms with Crippen LogP contribution in [0.3, 0.4) is 0 Å². The van der Waals surface area contributed by atoms with Crippen LogP contribution in [0.25, 0.3) is 0 Å². The molecule has 0 bridgehead atoms. The third-order valence-corrected chi connectivity index (χ3v) is 3.01. The standard InChI is InChI=1S/C16H24N2O/c1-3-5-6-10-13-16(19)18-17-15(4-2)14-11-8-7-9-12-14/h7-9,11-12H,3-6,10,13H2,1-2H3,(H,18,19)/b17-15+. The smallest absolute Gasteiger partial charge is 0.240 e. The van der Waals surface area contributed by atoms with Gasteiger partial charge in [0.15, 0.2) is 0 Å². The van der Waals surface area contributed by atoms with Gasteiger partial charge in [-0.25, -0.2) is 5.43 Å². The molecule has 0 unspecified atom stereocenters. The van der Waals surface area contributed by atoms with Gasteiger partial charge in [0.25, 0.3) is 0 Å². The van der Waals surface area contributed by atoms with Crippen molar-refractivity contribution < 1.29 is 4.79 Å². The summed E-state index contributed by atoms with van der Waals surface area (Å²) in [6.45, 7) is 4.21. The van der Waals surface area contributed by atoms with Gasteiger partial charge in [-0.2, -0.15) is 5.10 Å². The number of hydrogen-bond donors (Lipinski definition) is 1. The topological polar surface area (TPSA) is 41.5 Å². The van der Waals surface area contributed by atoms with E-state index in [1.165, 1.54) is 12.8 Å². The van der Waals surface area contributed by atoms with Gasteiger partial charge >= 0.3 is 0 Å². The molecular formula is C16H24N2O. The first-order valence-electron chi connectivity index (χ1n) is 7.18. The molecule has 0 aliphatic carbocycles. The molecule has 104 valence electrons. The number of carbonyl (C=O) groups is 1. The van der Waals surface area contributed by atoms with E-state index in [-0.39, 0.29) is 5.91 Å². The summed E-state index contributed by atoms with van der Waals surface area (Å²) in [5, 5.41) is 4.23. The number of rotatable bonds is 8. The monoisotopic (exact) mass is 260 g/mol. The second kappa shape index (κ2) is 9.31. The van der Waals surface area contributed by atoms with Crippen molar-refractivity contribution in [2.24, 2.45) is 5.10 Å². The van der Waals surface area contributed by atoms with E-state index in [2.05, 4.69) is 17.5 Å². The maximum Gasteiger partial charge on any atom is 0.240 e. The Morgan fingerprint density at radius 2 is 1.84 bits per heavy atom. The zero-order valence-electron chi connectivity index (χ0n) is 12.0. The average Bonchev–Trinajstić information content (AvgIpc) is 2.45. The van der Waals surface area contributed by atoms with Crippen LogP contribution in [-0.4, -0.2) is 11.6 Å². The van der Waals surface area contributed by atoms with Gasteiger partial charge in [0.05, 0.1) is 5.71 Å². The zero-order chi connectivity index (χ0) is 13.9. The molecular weight excluding hydrogens is 236 g/mol. The van der Waals surface area contributed by atoms with E-state index in [1.807, 2.05) is 37.3 Å². The van der Waals surface area contributed by atoms with Crippen molar-refractivity contribution in [3.8, 4) is 0 Å². The lowest BCUT2D eigenvalue weighted by Crippen LogP contribution is -2.19. The van der Waals surface area contributed by atoms with Gasteiger partial charge in [0.2, 0.25) is 5.91 Å². The number of hydrazone groups is 1. The van der Waals surface area contributed by atoms with E-state index in [0.29, 0.717) is 6.42 Å². The maximum absolute atomic E-state index is 11.6. The fourth-order valence-corrected chi connectivity index (χ4v) is 1.88. The molecule has 0 aromatic heterocycles. The molecule has 3 heteroatoms. The van der Waals surface area contributed by atoms with Crippen LogP contribution in [0.1, 0.15) is 57.9 Å². The molecule has 0 atom stereocenters. The molecule has 1 rings (SSSR count). The van der Waals surface area contributed by atoms with Gasteiger partial charge in [-0.1, -0.05) is 63.4 Å². The minimum atomic E-state index is 0.0120. The number of nitrogens with one attached hydrogen (secondary N) is 1. The molecule has 1 amide bonds. The lowest BCUT2D eigenvalue weighted by Gasteiger charge is -2.05. The highest BCUT2D eigenvalue weighted by Gasteiger charge is 2.03. The molecule has 1 aromatic carbocycles. The molecule has 0 spiro atoms. The molecule has 0 radical (unpaired) electrons. The summed E-state index contributed by atoms with van der Waals surface area (Å²) in [4.78, 5) is 11.6. The van der Waals surface area contributed by atoms with Crippen molar-refractivity contribution in [3.05, 3.63) is 35.9 Å². The molecule has 3 nitrogen and oxygen atoms in total. The Morgan fingerprint density at radius 3 is 2.47 bits per heavy atom. The minimum Gasteiger partial charge on any atom is -0.273 e. The normalized spacial score (nSPS) is 11.4. The summed E-state index contributed by atoms with van der Waals surface area (Å²) in [6, 6.07) is 9.95. The van der Waals surface area contributed by atoms with Crippen molar-refractivity contribution in [2.45, 2.75) is 52.4 Å². The van der Waals surface area contributed by atoms with E-state index in [4.69, 9.17) is 0 Å². The largest absolute Gasteiger partial charge is 0.273 e. The summed E-state index contributed by atoms with van der Waals surface area (Å²) in [6.07, 6.45) is 5.82. The maximum atomic E-state index is 11.6. The Labute approximate surface area is 116 Å². The number of unbranched alkanes of at least 4 members (excludes halogenated alkanes) is 3. The van der Waals surface area contributed by atoms with Crippen molar-refractivity contribution in [1.29, 1.82) is 0 Å². The van der Waals surface area contributed by atoms with E-state index in [1.54, 1.807) is 0 Å². The van der Waals surface area contributed by atoms with Gasteiger partial charge in [-0.3, -0.25) is 4.79 Å². The third kappa shape index (κ3) is 6.18. The number of hydrogen-bond acceptors (Lipinski definition) is 2. The van der Waals surface area contributed by atoms with Crippen LogP contribution in [0.2, 0.25) is 0 Å². The molecule has 19 heavy (non-hydrogen) atoms. The molecule has 1 aromatic rings. The first kappa shape index (κ1) is 15.4. The Kier molecular flexibility index (Phi) is 7.56. The molecule has 0 saturated heterocycles. The Bertz CT molecular complexity index is 398. The van der Waals surface area contributed by atoms with Crippen LogP contribution in [0.4, 0.5) is 0 Å². The van der Waals surface area contributed by atoms with E-state index >= 15 is 0 Å². The van der Waals surface area contributed by atoms with Crippen molar-refractivity contribution in [3.63, 3.8) is 0 Å². The lowest BCUT2D eigenvalue weighted by atomic mass is 10.1. The first-order valence-corrected chi connectivity index (χ1v) is 7.18. The van der Waals surface area contributed by atoms with Gasteiger partial charge in [0.1, 0.15) is 0 Å². The van der Waals surface area contributed by atoms with Gasteiger partial charge < -0.3 is 0 Å². The summed E-state index contributed by atoms with van der Waals surface area (Å²) < 4.78 is 0. The van der Waals surface area contributed by atoms with Gasteiger partial charge in [0, 0.05) is 6.42 Å². The molecule has 0 heterocycles. The summed E-state index contributed by atoms with van der Waals surface area (Å²) in [5.74, 6) is 0.0120. The second-order valence-corrected chi connectivity index (χ2v) is 4.62. The molecule has 0 saturated carbocycles. The number of carbonyl (C=O) groups excluding carboxylic acids is 1. The van der Waals surface area contributed by atoms with Crippen LogP contribution in [0.5, 0.6) is 0 Å². The quantitative estimate of drug-likeness (QED) is 0.430.